The van der Waals surface area contributed by atoms with Crippen LogP contribution in [0.15, 0.2) is 4.79 Å². The molecule has 1 amide bonds. The van der Waals surface area contributed by atoms with E-state index in [1.54, 1.807) is 0 Å². The van der Waals surface area contributed by atoms with Gasteiger partial charge in [-0.2, -0.15) is 0 Å². The molecule has 32 heavy (non-hydrogen) atoms. The van der Waals surface area contributed by atoms with E-state index < -0.39 is 0 Å². The minimum atomic E-state index is -0.122. The van der Waals surface area contributed by atoms with Gasteiger partial charge >= 0.3 is 0 Å². The number of fused-ring (bicyclic) bond motifs is 1. The van der Waals surface area contributed by atoms with E-state index in [0.29, 0.717) is 18.3 Å². The van der Waals surface area contributed by atoms with E-state index in [1.165, 1.54) is 32.1 Å². The monoisotopic (exact) mass is 442 g/mol. The molecule has 1 aromatic rings. The third kappa shape index (κ3) is 4.79. The summed E-state index contributed by atoms with van der Waals surface area (Å²) in [6, 6.07) is 0.507. The molecule has 0 aromatic carbocycles. The molecular formula is C25H38N4O3. The number of likely N-dealkylation sites (tertiary alicyclic amines) is 1. The molecule has 1 N–H and O–H groups in total. The number of hydrogen-bond acceptors (Lipinski definition) is 5. The Morgan fingerprint density at radius 1 is 1.00 bits per heavy atom. The maximum atomic E-state index is 13.2. The van der Waals surface area contributed by atoms with Gasteiger partial charge in [0.25, 0.3) is 5.56 Å². The standard InChI is InChI=1S/C25H38N4O3/c30-23(16-19-10-5-7-15-32-19)29-13-6-4-11-22(29)24-26-21-17-28(18-8-2-1-3-9-18)14-12-20(21)25(31)27-24/h18-19,22H,1-17H2,(H,26,27,31)/t19-,22-/m1/s1. The van der Waals surface area contributed by atoms with Crippen molar-refractivity contribution >= 4 is 5.91 Å². The quantitative estimate of drug-likeness (QED) is 0.772. The summed E-state index contributed by atoms with van der Waals surface area (Å²) in [5.74, 6) is 0.836. The molecular weight excluding hydrogens is 404 g/mol. The van der Waals surface area contributed by atoms with Gasteiger partial charge in [-0.3, -0.25) is 14.5 Å². The summed E-state index contributed by atoms with van der Waals surface area (Å²) in [7, 11) is 0. The van der Waals surface area contributed by atoms with Crippen LogP contribution < -0.4 is 5.56 Å². The Morgan fingerprint density at radius 2 is 1.81 bits per heavy atom. The van der Waals surface area contributed by atoms with Crippen LogP contribution in [0, 0.1) is 0 Å². The van der Waals surface area contributed by atoms with Crippen molar-refractivity contribution in [3.05, 3.63) is 27.4 Å². The summed E-state index contributed by atoms with van der Waals surface area (Å²) in [6.45, 7) is 3.23. The number of rotatable bonds is 4. The van der Waals surface area contributed by atoms with Crippen LogP contribution in [0.5, 0.6) is 0 Å². The minimum Gasteiger partial charge on any atom is -0.378 e. The second-order valence-electron chi connectivity index (χ2n) is 10.2. The molecule has 5 rings (SSSR count). The molecule has 7 nitrogen and oxygen atoms in total. The normalized spacial score (nSPS) is 27.8. The lowest BCUT2D eigenvalue weighted by molar-refractivity contribution is -0.139. The van der Waals surface area contributed by atoms with E-state index in [2.05, 4.69) is 9.88 Å². The molecule has 0 spiro atoms. The van der Waals surface area contributed by atoms with Crippen LogP contribution in [0.25, 0.3) is 0 Å². The summed E-state index contributed by atoms with van der Waals surface area (Å²) in [4.78, 5) is 38.8. The highest BCUT2D eigenvalue weighted by atomic mass is 16.5. The predicted octanol–water partition coefficient (Wildman–Crippen LogP) is 3.47. The molecule has 0 radical (unpaired) electrons. The molecule has 2 saturated heterocycles. The number of carbonyl (C=O) groups is 1. The molecule has 2 atom stereocenters. The van der Waals surface area contributed by atoms with E-state index in [-0.39, 0.29) is 23.6 Å². The molecule has 0 unspecified atom stereocenters. The first-order chi connectivity index (χ1) is 15.7. The van der Waals surface area contributed by atoms with Crippen molar-refractivity contribution in [1.29, 1.82) is 0 Å². The van der Waals surface area contributed by atoms with Crippen molar-refractivity contribution in [2.24, 2.45) is 0 Å². The Kier molecular flexibility index (Phi) is 6.93. The van der Waals surface area contributed by atoms with Gasteiger partial charge in [-0.1, -0.05) is 19.3 Å². The Labute approximate surface area is 190 Å². The van der Waals surface area contributed by atoms with Crippen molar-refractivity contribution < 1.29 is 9.53 Å². The molecule has 1 aliphatic carbocycles. The zero-order valence-electron chi connectivity index (χ0n) is 19.3. The number of amides is 1. The van der Waals surface area contributed by atoms with Crippen molar-refractivity contribution in [2.45, 2.75) is 108 Å². The average molecular weight is 443 g/mol. The van der Waals surface area contributed by atoms with Crippen LogP contribution in [0.2, 0.25) is 0 Å². The fourth-order valence-electron chi connectivity index (χ4n) is 6.19. The zero-order valence-corrected chi connectivity index (χ0v) is 19.3. The number of piperidine rings is 1. The lowest BCUT2D eigenvalue weighted by Gasteiger charge is -2.38. The Morgan fingerprint density at radius 3 is 2.62 bits per heavy atom. The second kappa shape index (κ2) is 10.0. The number of nitrogens with zero attached hydrogens (tertiary/aromatic N) is 3. The van der Waals surface area contributed by atoms with Gasteiger partial charge < -0.3 is 14.6 Å². The second-order valence-corrected chi connectivity index (χ2v) is 10.2. The first kappa shape index (κ1) is 22.1. The van der Waals surface area contributed by atoms with E-state index in [1.807, 2.05) is 4.90 Å². The number of hydrogen-bond donors (Lipinski definition) is 1. The summed E-state index contributed by atoms with van der Waals surface area (Å²) in [6.07, 6.45) is 13.9. The smallest absolute Gasteiger partial charge is 0.254 e. The van der Waals surface area contributed by atoms with Crippen LogP contribution in [0.4, 0.5) is 0 Å². The highest BCUT2D eigenvalue weighted by Crippen LogP contribution is 2.32. The maximum absolute atomic E-state index is 13.2. The number of nitrogens with one attached hydrogen (secondary N) is 1. The first-order valence-electron chi connectivity index (χ1n) is 13.0. The molecule has 3 aliphatic heterocycles. The van der Waals surface area contributed by atoms with Gasteiger partial charge in [-0.15, -0.1) is 0 Å². The molecule has 1 aromatic heterocycles. The van der Waals surface area contributed by atoms with Crippen LogP contribution in [-0.4, -0.2) is 57.5 Å². The highest BCUT2D eigenvalue weighted by Gasteiger charge is 2.33. The van der Waals surface area contributed by atoms with Gasteiger partial charge in [0.2, 0.25) is 5.91 Å². The third-order valence-corrected chi connectivity index (χ3v) is 8.03. The maximum Gasteiger partial charge on any atom is 0.254 e. The molecule has 4 aliphatic rings. The van der Waals surface area contributed by atoms with Gasteiger partial charge in [-0.05, 0) is 57.8 Å². The summed E-state index contributed by atoms with van der Waals surface area (Å²) < 4.78 is 5.82. The van der Waals surface area contributed by atoms with Crippen LogP contribution in [0.3, 0.4) is 0 Å². The van der Waals surface area contributed by atoms with Crippen LogP contribution in [-0.2, 0) is 22.5 Å². The fraction of sp³-hybridized carbons (Fsp3) is 0.800. The number of H-pyrrole nitrogens is 1. The number of aromatic amines is 1. The lowest BCUT2D eigenvalue weighted by Crippen LogP contribution is -2.44. The SMILES string of the molecule is O=C(C[C@H]1CCCCO1)N1CCCC[C@@H]1c1nc2c(c(=O)[nH]1)CCN(C1CCCCC1)C2. The van der Waals surface area contributed by atoms with E-state index in [9.17, 15) is 9.59 Å². The van der Waals surface area contributed by atoms with Gasteiger partial charge in [0.1, 0.15) is 5.82 Å². The Bertz CT molecular complexity index is 857. The Balaban J connectivity index is 1.34. The van der Waals surface area contributed by atoms with Crippen molar-refractivity contribution in [1.82, 2.24) is 19.8 Å². The topological polar surface area (TPSA) is 78.5 Å². The van der Waals surface area contributed by atoms with Gasteiger partial charge in [-0.25, -0.2) is 4.98 Å². The first-order valence-corrected chi connectivity index (χ1v) is 13.0. The molecule has 7 heteroatoms. The average Bonchev–Trinajstić information content (AvgIpc) is 2.85. The van der Waals surface area contributed by atoms with E-state index in [0.717, 1.165) is 82.4 Å². The van der Waals surface area contributed by atoms with Gasteiger partial charge in [0, 0.05) is 37.8 Å². The number of carbonyl (C=O) groups excluding carboxylic acids is 1. The fourth-order valence-corrected chi connectivity index (χ4v) is 6.19. The summed E-state index contributed by atoms with van der Waals surface area (Å²) >= 11 is 0. The minimum absolute atomic E-state index is 0.00174. The lowest BCUT2D eigenvalue weighted by atomic mass is 9.92. The van der Waals surface area contributed by atoms with E-state index in [4.69, 9.17) is 9.72 Å². The predicted molar refractivity (Wildman–Crippen MR) is 122 cm³/mol. The third-order valence-electron chi connectivity index (χ3n) is 8.03. The van der Waals surface area contributed by atoms with Crippen molar-refractivity contribution in [3.8, 4) is 0 Å². The van der Waals surface area contributed by atoms with Crippen molar-refractivity contribution in [3.63, 3.8) is 0 Å². The summed E-state index contributed by atoms with van der Waals surface area (Å²) in [5, 5.41) is 0. The van der Waals surface area contributed by atoms with Gasteiger partial charge in [0.15, 0.2) is 0 Å². The highest BCUT2D eigenvalue weighted by molar-refractivity contribution is 5.77. The molecule has 3 fully saturated rings. The molecule has 1 saturated carbocycles. The van der Waals surface area contributed by atoms with Crippen LogP contribution in [0.1, 0.15) is 100 Å². The molecule has 176 valence electrons. The molecule has 4 heterocycles. The zero-order chi connectivity index (χ0) is 21.9. The molecule has 0 bridgehead atoms. The van der Waals surface area contributed by atoms with Crippen LogP contribution >= 0.6 is 0 Å². The largest absolute Gasteiger partial charge is 0.378 e. The summed E-state index contributed by atoms with van der Waals surface area (Å²) in [5.41, 5.74) is 1.79. The Hall–Kier alpha value is -1.73. The number of aromatic nitrogens is 2. The number of ether oxygens (including phenoxy) is 1. The van der Waals surface area contributed by atoms with Gasteiger partial charge in [0.05, 0.1) is 24.3 Å². The van der Waals surface area contributed by atoms with E-state index >= 15 is 0 Å². The van der Waals surface area contributed by atoms with Crippen molar-refractivity contribution in [2.75, 3.05) is 19.7 Å².